The van der Waals surface area contributed by atoms with Crippen LogP contribution < -0.4 is 11.4 Å². The Bertz CT molecular complexity index is 499. The minimum atomic E-state index is -0.425. The summed E-state index contributed by atoms with van der Waals surface area (Å²) < 4.78 is 8.48. The minimum absolute atomic E-state index is 0.0374. The van der Waals surface area contributed by atoms with Crippen LogP contribution in [0.15, 0.2) is 9.59 Å². The number of rotatable bonds is 3. The van der Waals surface area contributed by atoms with Crippen LogP contribution in [0.2, 0.25) is 0 Å². The number of fused-ring (bicyclic) bond motifs is 1. The van der Waals surface area contributed by atoms with Crippen LogP contribution >= 0.6 is 0 Å². The first-order valence-electron chi connectivity index (χ1n) is 5.62. The highest BCUT2D eigenvalue weighted by Crippen LogP contribution is 2.01. The van der Waals surface area contributed by atoms with Crippen LogP contribution in [-0.2, 0) is 29.2 Å². The van der Waals surface area contributed by atoms with Crippen LogP contribution in [0, 0.1) is 0 Å². The minimum Gasteiger partial charge on any atom is -0.469 e. The van der Waals surface area contributed by atoms with Gasteiger partial charge in [0.25, 0.3) is 0 Å². The molecular formula is C10H15N3O4. The molecule has 94 valence electrons. The molecule has 0 aromatic carbocycles. The van der Waals surface area contributed by atoms with E-state index in [0.717, 1.165) is 17.4 Å². The van der Waals surface area contributed by atoms with Crippen molar-refractivity contribution in [1.82, 2.24) is 13.9 Å². The van der Waals surface area contributed by atoms with Crippen molar-refractivity contribution < 1.29 is 9.53 Å². The average molecular weight is 241 g/mol. The Morgan fingerprint density at radius 2 is 1.71 bits per heavy atom. The van der Waals surface area contributed by atoms with Crippen LogP contribution in [0.4, 0.5) is 0 Å². The molecule has 1 aromatic heterocycles. The Morgan fingerprint density at radius 3 is 2.18 bits per heavy atom. The van der Waals surface area contributed by atoms with Crippen molar-refractivity contribution in [1.29, 1.82) is 0 Å². The van der Waals surface area contributed by atoms with Gasteiger partial charge in [0.1, 0.15) is 0 Å². The monoisotopic (exact) mass is 241 g/mol. The lowest BCUT2D eigenvalue weighted by Crippen LogP contribution is -2.30. The van der Waals surface area contributed by atoms with Crippen molar-refractivity contribution >= 4 is 5.97 Å². The molecule has 7 nitrogen and oxygen atoms in total. The molecule has 0 spiro atoms. The van der Waals surface area contributed by atoms with Gasteiger partial charge in [-0.05, 0) is 12.8 Å². The third-order valence-electron chi connectivity index (χ3n) is 2.95. The number of hydrogen-bond donors (Lipinski definition) is 0. The van der Waals surface area contributed by atoms with Crippen molar-refractivity contribution in [3.63, 3.8) is 0 Å². The summed E-state index contributed by atoms with van der Waals surface area (Å²) in [6.07, 6.45) is 1.84. The Hall–Kier alpha value is -1.79. The fourth-order valence-corrected chi connectivity index (χ4v) is 2.02. The fourth-order valence-electron chi connectivity index (χ4n) is 2.02. The first-order valence-corrected chi connectivity index (χ1v) is 5.62. The first kappa shape index (κ1) is 11.7. The molecule has 7 heteroatoms. The largest absolute Gasteiger partial charge is 0.469 e. The highest BCUT2D eigenvalue weighted by Gasteiger charge is 2.18. The molecule has 0 aliphatic carbocycles. The summed E-state index contributed by atoms with van der Waals surface area (Å²) in [7, 11) is 1.28. The molecule has 0 saturated heterocycles. The third kappa shape index (κ3) is 2.04. The average Bonchev–Trinajstić information content (AvgIpc) is 2.60. The molecule has 1 aliphatic heterocycles. The molecule has 0 fully saturated rings. The number of hydrogen-bond acceptors (Lipinski definition) is 4. The van der Waals surface area contributed by atoms with Gasteiger partial charge in [0.05, 0.1) is 13.5 Å². The molecule has 0 bridgehead atoms. The van der Waals surface area contributed by atoms with Gasteiger partial charge in [-0.3, -0.25) is 4.79 Å². The van der Waals surface area contributed by atoms with Crippen molar-refractivity contribution in [2.45, 2.75) is 38.9 Å². The second kappa shape index (κ2) is 4.60. The number of ether oxygens (including phenoxy) is 1. The summed E-state index contributed by atoms with van der Waals surface area (Å²) in [6, 6.07) is 0. The van der Waals surface area contributed by atoms with E-state index in [1.165, 1.54) is 16.5 Å². The zero-order chi connectivity index (χ0) is 12.4. The smallest absolute Gasteiger partial charge is 0.347 e. The number of esters is 1. The van der Waals surface area contributed by atoms with E-state index in [1.54, 1.807) is 0 Å². The molecule has 0 radical (unpaired) electrons. The molecule has 0 unspecified atom stereocenters. The molecule has 0 saturated carbocycles. The predicted molar refractivity (Wildman–Crippen MR) is 58.8 cm³/mol. The topological polar surface area (TPSA) is 75.2 Å². The maximum atomic E-state index is 11.9. The number of carbonyl (C=O) groups excluding carboxylic acids is 1. The lowest BCUT2D eigenvalue weighted by atomic mass is 10.3. The van der Waals surface area contributed by atoms with Gasteiger partial charge < -0.3 is 4.74 Å². The van der Waals surface area contributed by atoms with Gasteiger partial charge in [-0.2, -0.15) is 0 Å². The zero-order valence-electron chi connectivity index (χ0n) is 9.72. The standard InChI is InChI=1S/C10H15N3O4/c1-17-8(14)4-7-11-9(15)12-5-2-3-6-13(12)10(11)16/h2-7H2,1H3. The highest BCUT2D eigenvalue weighted by atomic mass is 16.5. The number of methoxy groups -OCH3 is 1. The van der Waals surface area contributed by atoms with E-state index in [4.69, 9.17) is 0 Å². The van der Waals surface area contributed by atoms with E-state index in [0.29, 0.717) is 13.1 Å². The highest BCUT2D eigenvalue weighted by molar-refractivity contribution is 5.68. The fraction of sp³-hybridized carbons (Fsp3) is 0.700. The molecule has 1 aliphatic rings. The lowest BCUT2D eigenvalue weighted by molar-refractivity contribution is -0.140. The molecule has 17 heavy (non-hydrogen) atoms. The second-order valence-corrected chi connectivity index (χ2v) is 4.00. The van der Waals surface area contributed by atoms with Crippen LogP contribution in [0.1, 0.15) is 19.3 Å². The van der Waals surface area contributed by atoms with E-state index < -0.39 is 5.97 Å². The van der Waals surface area contributed by atoms with Crippen LogP contribution in [0.5, 0.6) is 0 Å². The van der Waals surface area contributed by atoms with E-state index in [-0.39, 0.29) is 24.3 Å². The summed E-state index contributed by atoms with van der Waals surface area (Å²) in [5.41, 5.74) is -0.669. The van der Waals surface area contributed by atoms with Crippen LogP contribution in [0.25, 0.3) is 0 Å². The molecule has 1 aromatic rings. The number of carbonyl (C=O) groups is 1. The normalized spacial score (nSPS) is 14.4. The van der Waals surface area contributed by atoms with Gasteiger partial charge in [0, 0.05) is 19.6 Å². The molecule has 0 N–H and O–H groups in total. The third-order valence-corrected chi connectivity index (χ3v) is 2.95. The van der Waals surface area contributed by atoms with Gasteiger partial charge in [0.15, 0.2) is 0 Å². The number of aromatic nitrogens is 3. The summed E-state index contributed by atoms with van der Waals surface area (Å²) in [4.78, 5) is 34.8. The van der Waals surface area contributed by atoms with E-state index in [9.17, 15) is 14.4 Å². The quantitative estimate of drug-likeness (QED) is 0.647. The maximum Gasteiger partial charge on any atom is 0.347 e. The molecule has 0 amide bonds. The Morgan fingerprint density at radius 1 is 1.18 bits per heavy atom. The van der Waals surface area contributed by atoms with Crippen molar-refractivity contribution in [3.8, 4) is 0 Å². The predicted octanol–water partition coefficient (Wildman–Crippen LogP) is -0.832. The summed E-state index contributed by atoms with van der Waals surface area (Å²) >= 11 is 0. The summed E-state index contributed by atoms with van der Waals surface area (Å²) in [6.45, 7) is 1.22. The summed E-state index contributed by atoms with van der Waals surface area (Å²) in [5.74, 6) is -0.425. The van der Waals surface area contributed by atoms with Gasteiger partial charge in [-0.25, -0.2) is 23.5 Å². The van der Waals surface area contributed by atoms with Gasteiger partial charge in [0.2, 0.25) is 0 Å². The molecule has 2 rings (SSSR count). The molecule has 0 atom stereocenters. The van der Waals surface area contributed by atoms with E-state index in [2.05, 4.69) is 4.74 Å². The molecular weight excluding hydrogens is 226 g/mol. The van der Waals surface area contributed by atoms with Crippen molar-refractivity contribution in [2.75, 3.05) is 7.11 Å². The lowest BCUT2D eigenvalue weighted by Gasteiger charge is -2.13. The van der Waals surface area contributed by atoms with Crippen LogP contribution in [0.3, 0.4) is 0 Å². The number of nitrogens with zero attached hydrogens (tertiary/aromatic N) is 3. The zero-order valence-corrected chi connectivity index (χ0v) is 9.72. The van der Waals surface area contributed by atoms with Gasteiger partial charge >= 0.3 is 17.3 Å². The van der Waals surface area contributed by atoms with E-state index in [1.807, 2.05) is 0 Å². The Balaban J connectivity index is 2.29. The molecule has 2 heterocycles. The second-order valence-electron chi connectivity index (χ2n) is 4.00. The van der Waals surface area contributed by atoms with Crippen molar-refractivity contribution in [2.24, 2.45) is 0 Å². The van der Waals surface area contributed by atoms with Gasteiger partial charge in [-0.15, -0.1) is 0 Å². The Kier molecular flexibility index (Phi) is 3.16. The summed E-state index contributed by atoms with van der Waals surface area (Å²) in [5, 5.41) is 0. The van der Waals surface area contributed by atoms with Crippen LogP contribution in [-0.4, -0.2) is 27.0 Å². The van der Waals surface area contributed by atoms with Gasteiger partial charge in [-0.1, -0.05) is 0 Å². The maximum absolute atomic E-state index is 11.9. The van der Waals surface area contributed by atoms with Crippen molar-refractivity contribution in [3.05, 3.63) is 21.0 Å². The first-order chi connectivity index (χ1) is 8.15. The SMILES string of the molecule is COC(=O)CCn1c(=O)n2n(c1=O)CCCC2. The van der Waals surface area contributed by atoms with E-state index >= 15 is 0 Å². The Labute approximate surface area is 97.2 Å².